The first-order chi connectivity index (χ1) is 24.0. The van der Waals surface area contributed by atoms with Gasteiger partial charge in [0.2, 0.25) is 10.0 Å². The van der Waals surface area contributed by atoms with Gasteiger partial charge >= 0.3 is 12.1 Å². The van der Waals surface area contributed by atoms with Gasteiger partial charge in [-0.05, 0) is 42.4 Å². The molecule has 1 amide bonds. The molecule has 0 radical (unpaired) electrons. The maximum absolute atomic E-state index is 15.5. The first-order valence-electron chi connectivity index (χ1n) is 16.6. The highest BCUT2D eigenvalue weighted by atomic mass is 32.2. The van der Waals surface area contributed by atoms with E-state index in [1.165, 1.54) is 0 Å². The Morgan fingerprint density at radius 1 is 0.760 bits per heavy atom. The summed E-state index contributed by atoms with van der Waals surface area (Å²) in [5.41, 5.74) is 2.01. The van der Waals surface area contributed by atoms with Crippen molar-refractivity contribution in [1.29, 1.82) is 0 Å². The molecular formula is C38H46N3O7PS. The topological polar surface area (TPSA) is 140 Å². The van der Waals surface area contributed by atoms with Gasteiger partial charge in [0.15, 0.2) is 7.29 Å². The predicted octanol–water partition coefficient (Wildman–Crippen LogP) is 6.31. The Balaban J connectivity index is 1.69. The fraction of sp³-hybridized carbons (Fsp3) is 0.316. The Labute approximate surface area is 295 Å². The second-order valence-electron chi connectivity index (χ2n) is 12.4. The zero-order chi connectivity index (χ0) is 36.0. The van der Waals surface area contributed by atoms with Crippen LogP contribution in [0.5, 0.6) is 0 Å². The quantitative estimate of drug-likeness (QED) is 0.0803. The maximum Gasteiger partial charge on any atom is 0.407 e. The summed E-state index contributed by atoms with van der Waals surface area (Å²) in [5.74, 6) is -2.41. The first-order valence-corrected chi connectivity index (χ1v) is 20.1. The summed E-state index contributed by atoms with van der Waals surface area (Å²) in [6.07, 6.45) is -0.281. The van der Waals surface area contributed by atoms with Gasteiger partial charge in [0.05, 0.1) is 18.4 Å². The molecule has 1 unspecified atom stereocenters. The van der Waals surface area contributed by atoms with Gasteiger partial charge in [-0.3, -0.25) is 9.36 Å². The minimum absolute atomic E-state index is 0.00967. The van der Waals surface area contributed by atoms with Gasteiger partial charge in [-0.15, -0.1) is 0 Å². The van der Waals surface area contributed by atoms with Crippen LogP contribution in [0.3, 0.4) is 0 Å². The zero-order valence-electron chi connectivity index (χ0n) is 28.6. The maximum atomic E-state index is 15.5. The van der Waals surface area contributed by atoms with Gasteiger partial charge < -0.3 is 14.8 Å². The van der Waals surface area contributed by atoms with Crippen molar-refractivity contribution in [3.8, 4) is 0 Å². The molecule has 4 rings (SSSR count). The highest BCUT2D eigenvalue weighted by Gasteiger charge is 2.42. The monoisotopic (exact) mass is 719 g/mol. The standard InChI is InChI=1S/C38H46N3O7PS/c1-4-47-37(42)35(25-29(2)3)40-49(44,34-23-15-8-16-24-34)36(32-21-13-7-14-22-32)41-50(45,46)28-33(26-30-17-9-5-10-18-30)39-38(43)48-27-31-19-11-6-12-20-31/h5-24,29,33,35-36,41H,4,25-28H2,1-3H3,(H,39,43)(H,40,44)/t33-,35-,36-,49?/m0/s1. The van der Waals surface area contributed by atoms with Gasteiger partial charge in [-0.25, -0.2) is 18.3 Å². The van der Waals surface area contributed by atoms with E-state index < -0.39 is 53.0 Å². The summed E-state index contributed by atoms with van der Waals surface area (Å²) in [6, 6.07) is 33.5. The Kier molecular flexibility index (Phi) is 14.4. The normalized spacial score (nSPS) is 14.6. The first kappa shape index (κ1) is 38.5. The third-order valence-corrected chi connectivity index (χ3v) is 12.3. The van der Waals surface area contributed by atoms with Crippen LogP contribution >= 0.6 is 7.29 Å². The fourth-order valence-electron chi connectivity index (χ4n) is 5.55. The summed E-state index contributed by atoms with van der Waals surface area (Å²) in [4.78, 5) is 26.2. The molecule has 0 saturated carbocycles. The van der Waals surface area contributed by atoms with Crippen LogP contribution < -0.4 is 20.4 Å². The lowest BCUT2D eigenvalue weighted by Crippen LogP contribution is -2.47. The van der Waals surface area contributed by atoms with E-state index in [9.17, 15) is 18.0 Å². The highest BCUT2D eigenvalue weighted by molar-refractivity contribution is 7.90. The van der Waals surface area contributed by atoms with E-state index in [0.29, 0.717) is 17.3 Å². The lowest BCUT2D eigenvalue weighted by Gasteiger charge is -2.33. The molecule has 3 N–H and O–H groups in total. The minimum atomic E-state index is -4.29. The number of benzene rings is 4. The van der Waals surface area contributed by atoms with E-state index in [0.717, 1.165) is 11.1 Å². The molecule has 0 heterocycles. The van der Waals surface area contributed by atoms with Gasteiger partial charge in [0, 0.05) is 5.30 Å². The molecule has 50 heavy (non-hydrogen) atoms. The van der Waals surface area contributed by atoms with Crippen LogP contribution in [0.4, 0.5) is 4.79 Å². The lowest BCUT2D eigenvalue weighted by atomic mass is 10.1. The molecule has 12 heteroatoms. The number of ether oxygens (including phenoxy) is 2. The molecule has 4 aromatic rings. The van der Waals surface area contributed by atoms with Crippen LogP contribution in [0.2, 0.25) is 0 Å². The number of hydrogen-bond acceptors (Lipinski definition) is 7. The van der Waals surface area contributed by atoms with Gasteiger partial charge in [-0.1, -0.05) is 135 Å². The average molecular weight is 720 g/mol. The zero-order valence-corrected chi connectivity index (χ0v) is 30.3. The SMILES string of the molecule is CCOC(=O)[C@H](CC(C)C)NP(=O)(c1ccccc1)[C@H](NS(=O)(=O)C[C@H](Cc1ccccc1)NC(=O)OCc1ccccc1)c1ccccc1. The predicted molar refractivity (Wildman–Crippen MR) is 196 cm³/mol. The second kappa shape index (κ2) is 18.6. The summed E-state index contributed by atoms with van der Waals surface area (Å²) < 4.78 is 57.5. The smallest absolute Gasteiger partial charge is 0.407 e. The van der Waals surface area contributed by atoms with Crippen LogP contribution in [-0.2, 0) is 41.9 Å². The van der Waals surface area contributed by atoms with E-state index >= 15 is 4.57 Å². The Bertz CT molecular complexity index is 1800. The van der Waals surface area contributed by atoms with Crippen molar-refractivity contribution in [2.24, 2.45) is 5.92 Å². The minimum Gasteiger partial charge on any atom is -0.465 e. The third kappa shape index (κ3) is 11.7. The molecule has 0 spiro atoms. The summed E-state index contributed by atoms with van der Waals surface area (Å²) >= 11 is 0. The fourth-order valence-corrected chi connectivity index (χ4v) is 10.4. The molecule has 4 atom stereocenters. The van der Waals surface area contributed by atoms with E-state index in [1.54, 1.807) is 67.6 Å². The van der Waals surface area contributed by atoms with E-state index in [4.69, 9.17) is 9.47 Å². The number of hydrogen-bond donors (Lipinski definition) is 3. The molecule has 0 aliphatic heterocycles. The van der Waals surface area contributed by atoms with E-state index in [2.05, 4.69) is 15.1 Å². The number of alkyl carbamates (subject to hydrolysis) is 1. The average Bonchev–Trinajstić information content (AvgIpc) is 3.11. The van der Waals surface area contributed by atoms with Crippen molar-refractivity contribution in [2.45, 2.75) is 58.1 Å². The number of amides is 1. The molecule has 0 aliphatic carbocycles. The highest BCUT2D eigenvalue weighted by Crippen LogP contribution is 2.54. The van der Waals surface area contributed by atoms with Crippen molar-refractivity contribution >= 4 is 34.7 Å². The lowest BCUT2D eigenvalue weighted by molar-refractivity contribution is -0.145. The number of nitrogens with one attached hydrogen (secondary N) is 3. The Morgan fingerprint density at radius 3 is 1.86 bits per heavy atom. The number of carbonyl (C=O) groups is 2. The molecule has 0 fully saturated rings. The van der Waals surface area contributed by atoms with Crippen molar-refractivity contribution in [3.63, 3.8) is 0 Å². The summed E-state index contributed by atoms with van der Waals surface area (Å²) in [7, 11) is -8.32. The number of rotatable bonds is 18. The number of sulfonamides is 1. The molecule has 10 nitrogen and oxygen atoms in total. The largest absolute Gasteiger partial charge is 0.465 e. The van der Waals surface area contributed by atoms with Crippen molar-refractivity contribution in [1.82, 2.24) is 15.1 Å². The van der Waals surface area contributed by atoms with Crippen LogP contribution in [-0.4, -0.2) is 44.9 Å². The number of esters is 1. The van der Waals surface area contributed by atoms with Gasteiger partial charge in [-0.2, -0.15) is 4.72 Å². The molecule has 0 aliphatic rings. The summed E-state index contributed by atoms with van der Waals surface area (Å²) in [5, 5.41) is 6.17. The molecule has 266 valence electrons. The second-order valence-corrected chi connectivity index (χ2v) is 16.8. The van der Waals surface area contributed by atoms with Crippen molar-refractivity contribution < 1.29 is 32.0 Å². The van der Waals surface area contributed by atoms with Crippen LogP contribution in [0.1, 0.15) is 49.7 Å². The Morgan fingerprint density at radius 2 is 1.30 bits per heavy atom. The van der Waals surface area contributed by atoms with Crippen molar-refractivity contribution in [3.05, 3.63) is 138 Å². The molecule has 0 saturated heterocycles. The van der Waals surface area contributed by atoms with E-state index in [-0.39, 0.29) is 25.6 Å². The van der Waals surface area contributed by atoms with Crippen LogP contribution in [0.15, 0.2) is 121 Å². The molecular weight excluding hydrogens is 673 g/mol. The molecule has 0 bridgehead atoms. The van der Waals surface area contributed by atoms with Gasteiger partial charge in [0.25, 0.3) is 0 Å². The van der Waals surface area contributed by atoms with Crippen molar-refractivity contribution in [2.75, 3.05) is 12.4 Å². The van der Waals surface area contributed by atoms with E-state index in [1.807, 2.05) is 74.5 Å². The third-order valence-electron chi connectivity index (χ3n) is 7.82. The van der Waals surface area contributed by atoms with Crippen LogP contribution in [0.25, 0.3) is 0 Å². The Hall–Kier alpha value is -4.28. The molecule has 4 aromatic carbocycles. The van der Waals surface area contributed by atoms with Crippen LogP contribution in [0, 0.1) is 5.92 Å². The van der Waals surface area contributed by atoms with Gasteiger partial charge in [0.1, 0.15) is 18.4 Å². The molecule has 0 aromatic heterocycles. The number of carbonyl (C=O) groups excluding carboxylic acids is 2. The summed E-state index contributed by atoms with van der Waals surface area (Å²) in [6.45, 7) is 5.70.